The number of thioether (sulfide) groups is 1. The summed E-state index contributed by atoms with van der Waals surface area (Å²) < 4.78 is 34.8. The predicted molar refractivity (Wildman–Crippen MR) is 36.3 cm³/mol. The van der Waals surface area contributed by atoms with Gasteiger partial charge >= 0.3 is 12.1 Å². The van der Waals surface area contributed by atoms with E-state index in [1.54, 1.807) is 0 Å². The number of carbonyl (C=O) groups excluding carboxylic acids is 2. The molecule has 0 spiro atoms. The van der Waals surface area contributed by atoms with E-state index in [0.717, 1.165) is 11.8 Å². The highest BCUT2D eigenvalue weighted by Gasteiger charge is 2.44. The van der Waals surface area contributed by atoms with E-state index in [0.29, 0.717) is 5.06 Å². The zero-order chi connectivity index (χ0) is 10.1. The summed E-state index contributed by atoms with van der Waals surface area (Å²) in [5.74, 6) is -3.03. The molecule has 1 aliphatic rings. The number of hydrogen-bond acceptors (Lipinski definition) is 4. The maximum atomic E-state index is 11.6. The van der Waals surface area contributed by atoms with Crippen molar-refractivity contribution < 1.29 is 27.6 Å². The molecular formula is C5H4F3NO3S. The van der Waals surface area contributed by atoms with Gasteiger partial charge in [-0.1, -0.05) is 0 Å². The topological polar surface area (TPSA) is 46.6 Å². The van der Waals surface area contributed by atoms with E-state index in [1.807, 2.05) is 0 Å². The van der Waals surface area contributed by atoms with Crippen LogP contribution in [0.25, 0.3) is 0 Å². The quantitative estimate of drug-likeness (QED) is 0.640. The second-order valence-electron chi connectivity index (χ2n) is 2.13. The lowest BCUT2D eigenvalue weighted by atomic mass is 10.7. The third-order valence-electron chi connectivity index (χ3n) is 1.14. The van der Waals surface area contributed by atoms with E-state index >= 15 is 0 Å². The second kappa shape index (κ2) is 3.44. The van der Waals surface area contributed by atoms with Crippen molar-refractivity contribution in [2.45, 2.75) is 6.18 Å². The van der Waals surface area contributed by atoms with Crippen LogP contribution in [0, 0.1) is 0 Å². The van der Waals surface area contributed by atoms with Crippen molar-refractivity contribution in [1.82, 2.24) is 5.06 Å². The fourth-order valence-corrected chi connectivity index (χ4v) is 1.36. The summed E-state index contributed by atoms with van der Waals surface area (Å²) in [4.78, 5) is 24.7. The molecule has 13 heavy (non-hydrogen) atoms. The first-order valence-corrected chi connectivity index (χ1v) is 4.24. The molecule has 74 valence electrons. The van der Waals surface area contributed by atoms with Gasteiger partial charge in [-0.05, 0) is 0 Å². The Kier molecular flexibility index (Phi) is 2.69. The third-order valence-corrected chi connectivity index (χ3v) is 2.00. The lowest BCUT2D eigenvalue weighted by molar-refractivity contribution is -0.232. The van der Waals surface area contributed by atoms with E-state index < -0.39 is 18.1 Å². The number of amides is 1. The largest absolute Gasteiger partial charge is 0.493 e. The van der Waals surface area contributed by atoms with Crippen LogP contribution in [0.4, 0.5) is 13.2 Å². The summed E-state index contributed by atoms with van der Waals surface area (Å²) in [6, 6.07) is 0. The van der Waals surface area contributed by atoms with Gasteiger partial charge in [-0.15, -0.1) is 11.8 Å². The first-order valence-electron chi connectivity index (χ1n) is 3.08. The Morgan fingerprint density at radius 3 is 2.54 bits per heavy atom. The molecule has 1 heterocycles. The van der Waals surface area contributed by atoms with Crippen molar-refractivity contribution in [3.8, 4) is 0 Å². The highest BCUT2D eigenvalue weighted by Crippen LogP contribution is 2.21. The molecule has 0 aromatic carbocycles. The van der Waals surface area contributed by atoms with Crippen LogP contribution in [0.2, 0.25) is 0 Å². The maximum Gasteiger partial charge on any atom is 0.493 e. The van der Waals surface area contributed by atoms with Crippen molar-refractivity contribution in [3.05, 3.63) is 0 Å². The molecular weight excluding hydrogens is 211 g/mol. The van der Waals surface area contributed by atoms with Gasteiger partial charge in [0.15, 0.2) is 0 Å². The lowest BCUT2D eigenvalue weighted by Gasteiger charge is -2.14. The molecule has 0 unspecified atom stereocenters. The van der Waals surface area contributed by atoms with Gasteiger partial charge in [0.1, 0.15) is 5.88 Å². The molecule has 0 aliphatic carbocycles. The number of carbonyl (C=O) groups is 2. The highest BCUT2D eigenvalue weighted by atomic mass is 32.2. The monoisotopic (exact) mass is 215 g/mol. The van der Waals surface area contributed by atoms with Crippen molar-refractivity contribution in [2.24, 2.45) is 0 Å². The summed E-state index contributed by atoms with van der Waals surface area (Å²) in [6.45, 7) is 0. The summed E-state index contributed by atoms with van der Waals surface area (Å²) in [6.07, 6.45) is -5.06. The molecule has 0 radical (unpaired) electrons. The molecule has 1 rings (SSSR count). The van der Waals surface area contributed by atoms with E-state index in [2.05, 4.69) is 4.84 Å². The first-order chi connectivity index (χ1) is 5.91. The molecule has 1 aliphatic heterocycles. The number of rotatable bonds is 1. The first kappa shape index (κ1) is 10.2. The molecule has 1 amide bonds. The van der Waals surface area contributed by atoms with Crippen LogP contribution in [0.5, 0.6) is 0 Å². The van der Waals surface area contributed by atoms with Gasteiger partial charge in [-0.2, -0.15) is 18.2 Å². The fourth-order valence-electron chi connectivity index (χ4n) is 0.589. The van der Waals surface area contributed by atoms with Crippen LogP contribution in [-0.4, -0.2) is 34.7 Å². The number of nitrogens with zero attached hydrogens (tertiary/aromatic N) is 1. The molecule has 0 aromatic rings. The highest BCUT2D eigenvalue weighted by molar-refractivity contribution is 8.00. The zero-order valence-corrected chi connectivity index (χ0v) is 6.94. The van der Waals surface area contributed by atoms with Crippen LogP contribution in [0.1, 0.15) is 0 Å². The van der Waals surface area contributed by atoms with Gasteiger partial charge in [-0.25, -0.2) is 4.79 Å². The normalized spacial score (nSPS) is 17.8. The van der Waals surface area contributed by atoms with Gasteiger partial charge in [0.25, 0.3) is 5.91 Å². The fraction of sp³-hybridized carbons (Fsp3) is 0.600. The molecule has 1 fully saturated rings. The Bertz CT molecular complexity index is 242. The number of alkyl halides is 3. The molecule has 0 bridgehead atoms. The van der Waals surface area contributed by atoms with Crippen LogP contribution < -0.4 is 0 Å². The van der Waals surface area contributed by atoms with E-state index in [1.165, 1.54) is 0 Å². The molecule has 8 heteroatoms. The van der Waals surface area contributed by atoms with Crippen LogP contribution in [-0.2, 0) is 14.4 Å². The molecule has 0 atom stereocenters. The van der Waals surface area contributed by atoms with Gasteiger partial charge in [-0.3, -0.25) is 4.79 Å². The van der Waals surface area contributed by atoms with Gasteiger partial charge in [0.2, 0.25) is 0 Å². The molecule has 4 nitrogen and oxygen atoms in total. The van der Waals surface area contributed by atoms with Crippen LogP contribution in [0.3, 0.4) is 0 Å². The summed E-state index contributed by atoms with van der Waals surface area (Å²) in [7, 11) is 0. The minimum absolute atomic E-state index is 0.0329. The zero-order valence-electron chi connectivity index (χ0n) is 6.13. The van der Waals surface area contributed by atoms with Gasteiger partial charge in [0.05, 0.1) is 5.75 Å². The van der Waals surface area contributed by atoms with E-state index in [9.17, 15) is 22.8 Å². The SMILES string of the molecule is O=C1CSCN1OC(=O)C(F)(F)F. The number of hydrogen-bond donors (Lipinski definition) is 0. The Labute approximate surface area is 75.0 Å². The standard InChI is InChI=1S/C5H4F3NO3S/c6-5(7,8)4(11)12-9-2-13-1-3(9)10/h1-2H2. The summed E-state index contributed by atoms with van der Waals surface area (Å²) >= 11 is 1.07. The third kappa shape index (κ3) is 2.51. The Morgan fingerprint density at radius 2 is 2.15 bits per heavy atom. The molecule has 1 saturated heterocycles. The van der Waals surface area contributed by atoms with Crippen molar-refractivity contribution >= 4 is 23.6 Å². The predicted octanol–water partition coefficient (Wildman–Crippen LogP) is 0.540. The van der Waals surface area contributed by atoms with Gasteiger partial charge in [0, 0.05) is 0 Å². The lowest BCUT2D eigenvalue weighted by Crippen LogP contribution is -2.35. The number of halogens is 3. The van der Waals surface area contributed by atoms with E-state index in [-0.39, 0.29) is 11.6 Å². The molecule has 0 N–H and O–H groups in total. The minimum Gasteiger partial charge on any atom is -0.329 e. The summed E-state index contributed by atoms with van der Waals surface area (Å²) in [5.41, 5.74) is 0. The minimum atomic E-state index is -5.06. The Balaban J connectivity index is 2.49. The smallest absolute Gasteiger partial charge is 0.329 e. The number of hydroxylamine groups is 2. The average molecular weight is 215 g/mol. The van der Waals surface area contributed by atoms with E-state index in [4.69, 9.17) is 0 Å². The van der Waals surface area contributed by atoms with Crippen molar-refractivity contribution in [3.63, 3.8) is 0 Å². The van der Waals surface area contributed by atoms with Crippen molar-refractivity contribution in [1.29, 1.82) is 0 Å². The maximum absolute atomic E-state index is 11.6. The van der Waals surface area contributed by atoms with Crippen LogP contribution >= 0.6 is 11.8 Å². The Morgan fingerprint density at radius 1 is 1.54 bits per heavy atom. The second-order valence-corrected chi connectivity index (χ2v) is 3.08. The average Bonchev–Trinajstić information content (AvgIpc) is 2.34. The Hall–Kier alpha value is -0.920. The van der Waals surface area contributed by atoms with Crippen molar-refractivity contribution in [2.75, 3.05) is 11.6 Å². The van der Waals surface area contributed by atoms with Gasteiger partial charge < -0.3 is 4.84 Å². The molecule has 0 aromatic heterocycles. The van der Waals surface area contributed by atoms with Crippen LogP contribution in [0.15, 0.2) is 0 Å². The molecule has 0 saturated carbocycles. The summed E-state index contributed by atoms with van der Waals surface area (Å²) in [5, 5.41) is 0.403.